The second-order valence-electron chi connectivity index (χ2n) is 5.13. The van der Waals surface area contributed by atoms with Crippen molar-refractivity contribution < 1.29 is 9.53 Å². The zero-order chi connectivity index (χ0) is 12.8. The van der Waals surface area contributed by atoms with E-state index in [1.165, 1.54) is 12.8 Å². The first-order valence-corrected chi connectivity index (χ1v) is 6.60. The van der Waals surface area contributed by atoms with Crippen LogP contribution in [0.5, 0.6) is 0 Å². The van der Waals surface area contributed by atoms with Gasteiger partial charge in [0.25, 0.3) is 0 Å². The van der Waals surface area contributed by atoms with E-state index < -0.39 is 0 Å². The van der Waals surface area contributed by atoms with Gasteiger partial charge in [0.05, 0.1) is 12.5 Å². The highest BCUT2D eigenvalue weighted by Crippen LogP contribution is 2.15. The fourth-order valence-electron chi connectivity index (χ4n) is 2.38. The van der Waals surface area contributed by atoms with Crippen molar-refractivity contribution in [2.24, 2.45) is 5.92 Å². The second kappa shape index (κ2) is 6.97. The third-order valence-corrected chi connectivity index (χ3v) is 3.56. The average Bonchev–Trinajstić information content (AvgIpc) is 2.30. The van der Waals surface area contributed by atoms with Crippen molar-refractivity contribution in [1.29, 1.82) is 0 Å². The Bertz CT molecular complexity index is 238. The number of carbonyl (C=O) groups excluding carboxylic acids is 1. The molecule has 17 heavy (non-hydrogen) atoms. The van der Waals surface area contributed by atoms with Crippen molar-refractivity contribution in [3.63, 3.8) is 0 Å². The largest absolute Gasteiger partial charge is 0.466 e. The van der Waals surface area contributed by atoms with Gasteiger partial charge in [-0.15, -0.1) is 0 Å². The van der Waals surface area contributed by atoms with E-state index in [1.807, 2.05) is 13.8 Å². The summed E-state index contributed by atoms with van der Waals surface area (Å²) in [6.07, 6.45) is 2.39. The van der Waals surface area contributed by atoms with Crippen LogP contribution in [-0.4, -0.2) is 62.1 Å². The number of rotatable bonds is 5. The predicted octanol–water partition coefficient (Wildman–Crippen LogP) is 1.21. The lowest BCUT2D eigenvalue weighted by molar-refractivity contribution is -0.148. The zero-order valence-corrected chi connectivity index (χ0v) is 11.6. The van der Waals surface area contributed by atoms with E-state index in [1.54, 1.807) is 0 Å². The van der Waals surface area contributed by atoms with E-state index in [0.717, 1.165) is 19.6 Å². The maximum Gasteiger partial charge on any atom is 0.309 e. The molecule has 0 saturated carbocycles. The molecular formula is C13H26N2O2. The Labute approximate surface area is 105 Å². The molecule has 0 bridgehead atoms. The molecule has 0 amide bonds. The van der Waals surface area contributed by atoms with Crippen LogP contribution in [0.4, 0.5) is 0 Å². The molecule has 1 unspecified atom stereocenters. The van der Waals surface area contributed by atoms with Crippen molar-refractivity contribution in [2.75, 3.05) is 40.3 Å². The summed E-state index contributed by atoms with van der Waals surface area (Å²) in [5, 5.41) is 0. The van der Waals surface area contributed by atoms with Crippen molar-refractivity contribution in [3.8, 4) is 0 Å². The molecule has 0 aromatic carbocycles. The lowest BCUT2D eigenvalue weighted by atomic mass is 10.0. The van der Waals surface area contributed by atoms with Gasteiger partial charge in [-0.1, -0.05) is 6.92 Å². The minimum Gasteiger partial charge on any atom is -0.466 e. The molecule has 100 valence electrons. The Morgan fingerprint density at radius 2 is 2.06 bits per heavy atom. The van der Waals surface area contributed by atoms with Crippen LogP contribution >= 0.6 is 0 Å². The summed E-state index contributed by atoms with van der Waals surface area (Å²) in [4.78, 5) is 16.2. The Hall–Kier alpha value is -0.610. The lowest BCUT2D eigenvalue weighted by Gasteiger charge is -2.35. The van der Waals surface area contributed by atoms with Gasteiger partial charge in [0.15, 0.2) is 0 Å². The molecule has 1 saturated heterocycles. The SMILES string of the molecule is CCOC(=O)C(C)CN(C)C1CCN(C)CC1. The Kier molecular flexibility index (Phi) is 5.92. The highest BCUT2D eigenvalue weighted by Gasteiger charge is 2.24. The van der Waals surface area contributed by atoms with Gasteiger partial charge in [0, 0.05) is 12.6 Å². The summed E-state index contributed by atoms with van der Waals surface area (Å²) in [5.41, 5.74) is 0. The van der Waals surface area contributed by atoms with Crippen LogP contribution < -0.4 is 0 Å². The first-order valence-electron chi connectivity index (χ1n) is 6.60. The third kappa shape index (κ3) is 4.64. The molecule has 1 aliphatic rings. The standard InChI is InChI=1S/C13H26N2O2/c1-5-17-13(16)11(2)10-15(4)12-6-8-14(3)9-7-12/h11-12H,5-10H2,1-4H3. The summed E-state index contributed by atoms with van der Waals surface area (Å²) in [6, 6.07) is 0.614. The van der Waals surface area contributed by atoms with Gasteiger partial charge in [-0.25, -0.2) is 0 Å². The Morgan fingerprint density at radius 3 is 2.59 bits per heavy atom. The summed E-state index contributed by atoms with van der Waals surface area (Å²) < 4.78 is 5.04. The maximum absolute atomic E-state index is 11.6. The smallest absolute Gasteiger partial charge is 0.309 e. The Morgan fingerprint density at radius 1 is 1.47 bits per heavy atom. The van der Waals surface area contributed by atoms with Crippen molar-refractivity contribution >= 4 is 5.97 Å². The zero-order valence-electron chi connectivity index (χ0n) is 11.6. The van der Waals surface area contributed by atoms with Crippen LogP contribution in [0.2, 0.25) is 0 Å². The van der Waals surface area contributed by atoms with E-state index in [9.17, 15) is 4.79 Å². The molecule has 1 aliphatic heterocycles. The van der Waals surface area contributed by atoms with Crippen molar-refractivity contribution in [1.82, 2.24) is 9.80 Å². The van der Waals surface area contributed by atoms with Crippen LogP contribution in [0, 0.1) is 5.92 Å². The number of hydrogen-bond donors (Lipinski definition) is 0. The molecule has 0 aliphatic carbocycles. The molecule has 1 rings (SSSR count). The minimum absolute atomic E-state index is 0.0281. The van der Waals surface area contributed by atoms with Crippen LogP contribution in [0.15, 0.2) is 0 Å². The van der Waals surface area contributed by atoms with E-state index in [4.69, 9.17) is 4.74 Å². The van der Waals surface area contributed by atoms with Gasteiger partial charge in [-0.05, 0) is 47.0 Å². The molecule has 0 aromatic rings. The molecule has 1 atom stereocenters. The third-order valence-electron chi connectivity index (χ3n) is 3.56. The van der Waals surface area contributed by atoms with Gasteiger partial charge < -0.3 is 14.5 Å². The quantitative estimate of drug-likeness (QED) is 0.679. The summed E-state index contributed by atoms with van der Waals surface area (Å²) in [6.45, 7) is 7.38. The highest BCUT2D eigenvalue weighted by molar-refractivity contribution is 5.72. The average molecular weight is 242 g/mol. The number of likely N-dealkylation sites (tertiary alicyclic amines) is 1. The van der Waals surface area contributed by atoms with Gasteiger partial charge in [0.2, 0.25) is 0 Å². The molecule has 1 heterocycles. The molecular weight excluding hydrogens is 216 g/mol. The normalized spacial score (nSPS) is 20.5. The van der Waals surface area contributed by atoms with Gasteiger partial charge >= 0.3 is 5.97 Å². The first kappa shape index (κ1) is 14.5. The molecule has 4 heteroatoms. The number of hydrogen-bond acceptors (Lipinski definition) is 4. The van der Waals surface area contributed by atoms with E-state index >= 15 is 0 Å². The van der Waals surface area contributed by atoms with Gasteiger partial charge in [-0.3, -0.25) is 4.79 Å². The monoisotopic (exact) mass is 242 g/mol. The maximum atomic E-state index is 11.6. The molecule has 4 nitrogen and oxygen atoms in total. The number of piperidine rings is 1. The van der Waals surface area contributed by atoms with Crippen molar-refractivity contribution in [3.05, 3.63) is 0 Å². The number of nitrogens with zero attached hydrogens (tertiary/aromatic N) is 2. The highest BCUT2D eigenvalue weighted by atomic mass is 16.5. The summed E-state index contributed by atoms with van der Waals surface area (Å²) in [5.74, 6) is -0.105. The topological polar surface area (TPSA) is 32.8 Å². The lowest BCUT2D eigenvalue weighted by Crippen LogP contribution is -2.44. The minimum atomic E-state index is -0.0766. The fourth-order valence-corrected chi connectivity index (χ4v) is 2.38. The number of carbonyl (C=O) groups is 1. The van der Waals surface area contributed by atoms with Crippen LogP contribution in [0.25, 0.3) is 0 Å². The van der Waals surface area contributed by atoms with Gasteiger partial charge in [0.1, 0.15) is 0 Å². The molecule has 1 fully saturated rings. The van der Waals surface area contributed by atoms with Crippen LogP contribution in [0.3, 0.4) is 0 Å². The predicted molar refractivity (Wildman–Crippen MR) is 68.9 cm³/mol. The van der Waals surface area contributed by atoms with Crippen LogP contribution in [-0.2, 0) is 9.53 Å². The summed E-state index contributed by atoms with van der Waals surface area (Å²) in [7, 11) is 4.28. The summed E-state index contributed by atoms with van der Waals surface area (Å²) >= 11 is 0. The van der Waals surface area contributed by atoms with E-state index in [2.05, 4.69) is 23.9 Å². The molecule has 0 radical (unpaired) electrons. The van der Waals surface area contributed by atoms with E-state index in [0.29, 0.717) is 12.6 Å². The molecule has 0 aromatic heterocycles. The van der Waals surface area contributed by atoms with Crippen LogP contribution in [0.1, 0.15) is 26.7 Å². The fraction of sp³-hybridized carbons (Fsp3) is 0.923. The van der Waals surface area contributed by atoms with E-state index in [-0.39, 0.29) is 11.9 Å². The number of esters is 1. The number of ether oxygens (including phenoxy) is 1. The molecule has 0 spiro atoms. The van der Waals surface area contributed by atoms with Crippen molar-refractivity contribution in [2.45, 2.75) is 32.7 Å². The Balaban J connectivity index is 2.32. The van der Waals surface area contributed by atoms with Gasteiger partial charge in [-0.2, -0.15) is 0 Å². The molecule has 0 N–H and O–H groups in total. The second-order valence-corrected chi connectivity index (χ2v) is 5.13. The first-order chi connectivity index (χ1) is 8.04.